The molecule has 1 aromatic rings. The lowest BCUT2D eigenvalue weighted by Gasteiger charge is -2.20. The normalized spacial score (nSPS) is 26.2. The first-order chi connectivity index (χ1) is 7.99. The van der Waals surface area contributed by atoms with Gasteiger partial charge >= 0.3 is 0 Å². The summed E-state index contributed by atoms with van der Waals surface area (Å²) in [6.45, 7) is 3.57. The third-order valence-corrected chi connectivity index (χ3v) is 3.30. The zero-order valence-electron chi connectivity index (χ0n) is 10.0. The highest BCUT2D eigenvalue weighted by Crippen LogP contribution is 2.30. The molecule has 0 bridgehead atoms. The fourth-order valence-electron chi connectivity index (χ4n) is 2.23. The number of rotatable bonds is 2. The Labute approximate surface area is 99.8 Å². The van der Waals surface area contributed by atoms with Crippen molar-refractivity contribution in [3.05, 3.63) is 34.9 Å². The molecule has 3 atom stereocenters. The molecule has 0 aliphatic carbocycles. The van der Waals surface area contributed by atoms with Gasteiger partial charge in [0.15, 0.2) is 0 Å². The van der Waals surface area contributed by atoms with Gasteiger partial charge in [0.25, 0.3) is 0 Å². The van der Waals surface area contributed by atoms with Crippen molar-refractivity contribution < 1.29 is 13.5 Å². The van der Waals surface area contributed by atoms with E-state index in [9.17, 15) is 8.78 Å². The molecule has 17 heavy (non-hydrogen) atoms. The molecular formula is C13H17F2NO. The second-order valence-electron chi connectivity index (χ2n) is 4.71. The predicted molar refractivity (Wildman–Crippen MR) is 61.6 cm³/mol. The smallest absolute Gasteiger partial charge is 0.131 e. The first-order valence-corrected chi connectivity index (χ1v) is 5.85. The Morgan fingerprint density at radius 1 is 1.29 bits per heavy atom. The number of nitrogens with two attached hydrogens (primary N) is 1. The first kappa shape index (κ1) is 12.5. The van der Waals surface area contributed by atoms with Crippen LogP contribution in [0.5, 0.6) is 0 Å². The molecule has 1 fully saturated rings. The molecule has 2 rings (SSSR count). The van der Waals surface area contributed by atoms with Gasteiger partial charge in [-0.1, -0.05) is 0 Å². The van der Waals surface area contributed by atoms with Gasteiger partial charge in [-0.05, 0) is 38.3 Å². The van der Waals surface area contributed by atoms with Crippen LogP contribution in [0.25, 0.3) is 0 Å². The molecule has 3 unspecified atom stereocenters. The van der Waals surface area contributed by atoms with Crippen LogP contribution in [0.3, 0.4) is 0 Å². The molecule has 4 heteroatoms. The summed E-state index contributed by atoms with van der Waals surface area (Å²) in [6, 6.07) is 1.84. The molecule has 1 saturated heterocycles. The average molecular weight is 241 g/mol. The first-order valence-electron chi connectivity index (χ1n) is 5.85. The van der Waals surface area contributed by atoms with Crippen molar-refractivity contribution in [1.29, 1.82) is 0 Å². The summed E-state index contributed by atoms with van der Waals surface area (Å²) >= 11 is 0. The van der Waals surface area contributed by atoms with Gasteiger partial charge in [-0.15, -0.1) is 0 Å². The van der Waals surface area contributed by atoms with Gasteiger partial charge in [0.1, 0.15) is 11.6 Å². The zero-order chi connectivity index (χ0) is 12.6. The van der Waals surface area contributed by atoms with E-state index in [1.54, 1.807) is 6.92 Å². The van der Waals surface area contributed by atoms with E-state index < -0.39 is 17.7 Å². The van der Waals surface area contributed by atoms with E-state index in [4.69, 9.17) is 10.5 Å². The number of hydrogen-bond acceptors (Lipinski definition) is 2. The standard InChI is InChI=1S/C13H17F2NO/c1-7-5-9(11(15)6-10(7)14)13(16)12-4-3-8(2)17-12/h5-6,8,12-13H,3-4,16H2,1-2H3. The highest BCUT2D eigenvalue weighted by Gasteiger charge is 2.30. The van der Waals surface area contributed by atoms with Crippen LogP contribution in [0.1, 0.15) is 36.9 Å². The van der Waals surface area contributed by atoms with Gasteiger partial charge in [0.2, 0.25) is 0 Å². The van der Waals surface area contributed by atoms with Crippen LogP contribution in [-0.4, -0.2) is 12.2 Å². The Balaban J connectivity index is 2.24. The Hall–Kier alpha value is -1.00. The minimum absolute atomic E-state index is 0.163. The molecule has 1 heterocycles. The van der Waals surface area contributed by atoms with E-state index in [-0.39, 0.29) is 12.2 Å². The summed E-state index contributed by atoms with van der Waals surface area (Å²) < 4.78 is 32.4. The highest BCUT2D eigenvalue weighted by atomic mass is 19.1. The maximum absolute atomic E-state index is 13.7. The van der Waals surface area contributed by atoms with Crippen LogP contribution >= 0.6 is 0 Å². The van der Waals surface area contributed by atoms with Crippen molar-refractivity contribution >= 4 is 0 Å². The molecule has 0 saturated carbocycles. The van der Waals surface area contributed by atoms with Crippen molar-refractivity contribution in [3.63, 3.8) is 0 Å². The number of benzene rings is 1. The molecule has 0 amide bonds. The van der Waals surface area contributed by atoms with Crippen molar-refractivity contribution in [3.8, 4) is 0 Å². The lowest BCUT2D eigenvalue weighted by atomic mass is 9.98. The largest absolute Gasteiger partial charge is 0.373 e. The van der Waals surface area contributed by atoms with E-state index in [0.717, 1.165) is 18.9 Å². The Bertz CT molecular complexity index is 422. The molecule has 2 nitrogen and oxygen atoms in total. The maximum Gasteiger partial charge on any atom is 0.131 e. The molecule has 1 aromatic carbocycles. The van der Waals surface area contributed by atoms with Crippen molar-refractivity contribution in [2.24, 2.45) is 5.73 Å². The van der Waals surface area contributed by atoms with Crippen LogP contribution in [0.4, 0.5) is 8.78 Å². The predicted octanol–water partition coefficient (Wildman–Crippen LogP) is 2.84. The lowest BCUT2D eigenvalue weighted by molar-refractivity contribution is 0.0394. The number of halogens is 2. The van der Waals surface area contributed by atoms with Gasteiger partial charge in [-0.3, -0.25) is 0 Å². The van der Waals surface area contributed by atoms with Crippen LogP contribution in [0, 0.1) is 18.6 Å². The number of aryl methyl sites for hydroxylation is 1. The minimum Gasteiger partial charge on any atom is -0.373 e. The van der Waals surface area contributed by atoms with Crippen LogP contribution < -0.4 is 5.73 Å². The Morgan fingerprint density at radius 3 is 2.59 bits per heavy atom. The van der Waals surface area contributed by atoms with E-state index in [2.05, 4.69) is 0 Å². The second kappa shape index (κ2) is 4.70. The van der Waals surface area contributed by atoms with Crippen LogP contribution in [0.2, 0.25) is 0 Å². The summed E-state index contributed by atoms with van der Waals surface area (Å²) in [4.78, 5) is 0. The summed E-state index contributed by atoms with van der Waals surface area (Å²) in [5, 5.41) is 0. The van der Waals surface area contributed by atoms with E-state index in [1.807, 2.05) is 6.92 Å². The summed E-state index contributed by atoms with van der Waals surface area (Å²) in [5.41, 5.74) is 6.74. The number of hydrogen-bond donors (Lipinski definition) is 1. The fourth-order valence-corrected chi connectivity index (χ4v) is 2.23. The zero-order valence-corrected chi connectivity index (χ0v) is 10.0. The second-order valence-corrected chi connectivity index (χ2v) is 4.71. The fraction of sp³-hybridized carbons (Fsp3) is 0.538. The van der Waals surface area contributed by atoms with E-state index in [1.165, 1.54) is 6.07 Å². The quantitative estimate of drug-likeness (QED) is 0.864. The third kappa shape index (κ3) is 2.48. The topological polar surface area (TPSA) is 35.2 Å². The number of ether oxygens (including phenoxy) is 1. The summed E-state index contributed by atoms with van der Waals surface area (Å²) in [5.74, 6) is -1.14. The van der Waals surface area contributed by atoms with Crippen molar-refractivity contribution in [2.45, 2.75) is 44.9 Å². The molecule has 0 aromatic heterocycles. The van der Waals surface area contributed by atoms with Gasteiger partial charge in [0.05, 0.1) is 18.2 Å². The molecule has 1 aliphatic heterocycles. The average Bonchev–Trinajstić information content (AvgIpc) is 2.69. The van der Waals surface area contributed by atoms with Gasteiger partial charge < -0.3 is 10.5 Å². The molecule has 1 aliphatic rings. The monoisotopic (exact) mass is 241 g/mol. The highest BCUT2D eigenvalue weighted by molar-refractivity contribution is 5.28. The van der Waals surface area contributed by atoms with Gasteiger partial charge in [-0.2, -0.15) is 0 Å². The Morgan fingerprint density at radius 2 is 2.00 bits per heavy atom. The van der Waals surface area contributed by atoms with Gasteiger partial charge in [0, 0.05) is 11.6 Å². The molecular weight excluding hydrogens is 224 g/mol. The minimum atomic E-state index is -0.594. The third-order valence-electron chi connectivity index (χ3n) is 3.30. The van der Waals surface area contributed by atoms with Crippen molar-refractivity contribution in [2.75, 3.05) is 0 Å². The molecule has 0 radical (unpaired) electrons. The lowest BCUT2D eigenvalue weighted by Crippen LogP contribution is -2.27. The summed E-state index contributed by atoms with van der Waals surface area (Å²) in [6.07, 6.45) is 1.73. The summed E-state index contributed by atoms with van der Waals surface area (Å²) in [7, 11) is 0. The molecule has 0 spiro atoms. The van der Waals surface area contributed by atoms with Crippen molar-refractivity contribution in [1.82, 2.24) is 0 Å². The SMILES string of the molecule is Cc1cc(C(N)C2CCC(C)O2)c(F)cc1F. The van der Waals surface area contributed by atoms with Crippen LogP contribution in [-0.2, 0) is 4.74 Å². The van der Waals surface area contributed by atoms with Gasteiger partial charge in [-0.25, -0.2) is 8.78 Å². The van der Waals surface area contributed by atoms with Crippen LogP contribution in [0.15, 0.2) is 12.1 Å². The molecule has 94 valence electrons. The van der Waals surface area contributed by atoms with E-state index >= 15 is 0 Å². The Kier molecular flexibility index (Phi) is 3.45. The van der Waals surface area contributed by atoms with E-state index in [0.29, 0.717) is 11.1 Å². The molecule has 2 N–H and O–H groups in total. The maximum atomic E-state index is 13.7.